The summed E-state index contributed by atoms with van der Waals surface area (Å²) in [5.74, 6) is -0.166. The van der Waals surface area contributed by atoms with Crippen LogP contribution < -0.4 is 5.73 Å². The Kier molecular flexibility index (Phi) is 8.29. The number of hydrogen-bond acceptors (Lipinski definition) is 4. The van der Waals surface area contributed by atoms with Crippen molar-refractivity contribution >= 4 is 30.7 Å². The molecular formula is C15H26Cl2F2N4O2. The minimum atomic E-state index is -2.69. The van der Waals surface area contributed by atoms with Crippen molar-refractivity contribution in [3.8, 4) is 0 Å². The van der Waals surface area contributed by atoms with Crippen LogP contribution >= 0.6 is 24.8 Å². The Morgan fingerprint density at radius 3 is 2.60 bits per heavy atom. The first-order valence-electron chi connectivity index (χ1n) is 7.61. The van der Waals surface area contributed by atoms with Gasteiger partial charge in [-0.05, 0) is 6.92 Å². The first kappa shape index (κ1) is 24.0. The highest BCUT2D eigenvalue weighted by Gasteiger charge is 2.63. The molecule has 1 amide bonds. The lowest BCUT2D eigenvalue weighted by molar-refractivity contribution is -0.178. The maximum absolute atomic E-state index is 12.9. The minimum Gasteiger partial charge on any atom is -0.378 e. The SMILES string of the molecule is CCOC1CC(N)(C(=O)N(C)Cc2nccn2C(F)F)C1(C)C.Cl.Cl. The second kappa shape index (κ2) is 8.62. The Labute approximate surface area is 158 Å². The molecular weight excluding hydrogens is 377 g/mol. The molecule has 0 spiro atoms. The highest BCUT2D eigenvalue weighted by Crippen LogP contribution is 2.50. The van der Waals surface area contributed by atoms with Gasteiger partial charge in [0.2, 0.25) is 5.91 Å². The van der Waals surface area contributed by atoms with Gasteiger partial charge in [0.1, 0.15) is 11.4 Å². The standard InChI is InChI=1S/C15H24F2N4O2.2ClH/c1-5-23-10-8-15(18,14(10,2)3)12(22)20(4)9-11-19-6-7-21(11)13(16)17;;/h6-7,10,13H,5,8-9,18H2,1-4H3;2*1H. The van der Waals surface area contributed by atoms with E-state index in [-0.39, 0.29) is 49.2 Å². The van der Waals surface area contributed by atoms with Crippen LogP contribution in [0.15, 0.2) is 12.4 Å². The van der Waals surface area contributed by atoms with Crippen LogP contribution in [-0.2, 0) is 16.1 Å². The fourth-order valence-electron chi connectivity index (χ4n) is 3.07. The highest BCUT2D eigenvalue weighted by molar-refractivity contribution is 5.88. The van der Waals surface area contributed by atoms with Crippen LogP contribution in [0.3, 0.4) is 0 Å². The molecule has 1 heterocycles. The number of aromatic nitrogens is 2. The lowest BCUT2D eigenvalue weighted by Gasteiger charge is -2.58. The number of hydrogen-bond donors (Lipinski definition) is 1. The number of carbonyl (C=O) groups excluding carboxylic acids is 1. The average Bonchev–Trinajstić information content (AvgIpc) is 2.94. The summed E-state index contributed by atoms with van der Waals surface area (Å²) in [6, 6.07) is 0. The Balaban J connectivity index is 0.00000288. The largest absolute Gasteiger partial charge is 0.378 e. The van der Waals surface area contributed by atoms with Crippen molar-refractivity contribution in [2.45, 2.75) is 51.9 Å². The zero-order valence-electron chi connectivity index (χ0n) is 14.7. The molecule has 1 fully saturated rings. The third-order valence-corrected chi connectivity index (χ3v) is 4.90. The fraction of sp³-hybridized carbons (Fsp3) is 0.733. The summed E-state index contributed by atoms with van der Waals surface area (Å²) in [5, 5.41) is 0. The topological polar surface area (TPSA) is 73.4 Å². The van der Waals surface area contributed by atoms with Crippen LogP contribution in [0.1, 0.15) is 39.6 Å². The third kappa shape index (κ3) is 4.07. The van der Waals surface area contributed by atoms with E-state index in [0.717, 1.165) is 4.57 Å². The number of rotatable bonds is 6. The summed E-state index contributed by atoms with van der Waals surface area (Å²) < 4.78 is 32.1. The molecule has 6 nitrogen and oxygen atoms in total. The van der Waals surface area contributed by atoms with Gasteiger partial charge in [0, 0.05) is 37.9 Å². The van der Waals surface area contributed by atoms with Crippen LogP contribution in [0.25, 0.3) is 0 Å². The zero-order chi connectivity index (χ0) is 17.4. The summed E-state index contributed by atoms with van der Waals surface area (Å²) in [4.78, 5) is 18.0. The Morgan fingerprint density at radius 2 is 2.12 bits per heavy atom. The lowest BCUT2D eigenvalue weighted by atomic mass is 9.54. The predicted molar refractivity (Wildman–Crippen MR) is 95.2 cm³/mol. The van der Waals surface area contributed by atoms with Gasteiger partial charge in [-0.25, -0.2) is 4.98 Å². The minimum absolute atomic E-state index is 0. The van der Waals surface area contributed by atoms with Crippen molar-refractivity contribution in [3.05, 3.63) is 18.2 Å². The van der Waals surface area contributed by atoms with Gasteiger partial charge in [-0.15, -0.1) is 24.8 Å². The van der Waals surface area contributed by atoms with E-state index in [2.05, 4.69) is 4.98 Å². The predicted octanol–water partition coefficient (Wildman–Crippen LogP) is 2.61. The van der Waals surface area contributed by atoms with Crippen LogP contribution in [0.4, 0.5) is 8.78 Å². The monoisotopic (exact) mass is 402 g/mol. The first-order chi connectivity index (χ1) is 10.6. The molecule has 1 aliphatic carbocycles. The van der Waals surface area contributed by atoms with Gasteiger partial charge in [-0.2, -0.15) is 8.78 Å². The molecule has 0 aromatic carbocycles. The number of nitrogens with zero attached hydrogens (tertiary/aromatic N) is 3. The number of imidazole rings is 1. The molecule has 0 aliphatic heterocycles. The molecule has 1 aliphatic rings. The van der Waals surface area contributed by atoms with Crippen molar-refractivity contribution in [2.24, 2.45) is 11.1 Å². The molecule has 10 heteroatoms. The lowest BCUT2D eigenvalue weighted by Crippen LogP contribution is -2.75. The molecule has 1 aromatic rings. The van der Waals surface area contributed by atoms with Crippen LogP contribution in [0, 0.1) is 5.41 Å². The van der Waals surface area contributed by atoms with E-state index < -0.39 is 17.5 Å². The number of amides is 1. The van der Waals surface area contributed by atoms with E-state index in [1.54, 1.807) is 7.05 Å². The van der Waals surface area contributed by atoms with Crippen LogP contribution in [-0.4, -0.2) is 45.7 Å². The van der Waals surface area contributed by atoms with E-state index in [1.807, 2.05) is 20.8 Å². The van der Waals surface area contributed by atoms with Crippen molar-refractivity contribution in [1.82, 2.24) is 14.5 Å². The first-order valence-corrected chi connectivity index (χ1v) is 7.61. The maximum atomic E-state index is 12.9. The van der Waals surface area contributed by atoms with Crippen LogP contribution in [0.2, 0.25) is 0 Å². The van der Waals surface area contributed by atoms with Gasteiger partial charge >= 0.3 is 6.55 Å². The highest BCUT2D eigenvalue weighted by atomic mass is 35.5. The second-order valence-electron chi connectivity index (χ2n) is 6.53. The average molecular weight is 403 g/mol. The van der Waals surface area contributed by atoms with Gasteiger partial charge < -0.3 is 15.4 Å². The molecule has 2 unspecified atom stereocenters. The normalized spacial score (nSPS) is 24.1. The number of halogens is 4. The Bertz CT molecular complexity index is 586. The summed E-state index contributed by atoms with van der Waals surface area (Å²) in [6.07, 6.45) is 2.81. The van der Waals surface area contributed by atoms with Gasteiger partial charge in [-0.3, -0.25) is 9.36 Å². The Hall–Kier alpha value is -0.960. The van der Waals surface area contributed by atoms with Crippen molar-refractivity contribution in [2.75, 3.05) is 13.7 Å². The number of alkyl halides is 2. The van der Waals surface area contributed by atoms with E-state index in [0.29, 0.717) is 13.0 Å². The molecule has 2 N–H and O–H groups in total. The smallest absolute Gasteiger partial charge is 0.319 e. The maximum Gasteiger partial charge on any atom is 0.319 e. The molecule has 146 valence electrons. The molecule has 2 rings (SSSR count). The fourth-order valence-corrected chi connectivity index (χ4v) is 3.07. The van der Waals surface area contributed by atoms with E-state index in [1.165, 1.54) is 17.3 Å². The summed E-state index contributed by atoms with van der Waals surface area (Å²) in [7, 11) is 1.55. The number of likely N-dealkylation sites (N-methyl/N-ethyl adjacent to an activating group) is 1. The molecule has 0 radical (unpaired) electrons. The van der Waals surface area contributed by atoms with E-state index in [9.17, 15) is 13.6 Å². The van der Waals surface area contributed by atoms with Crippen molar-refractivity contribution < 1.29 is 18.3 Å². The summed E-state index contributed by atoms with van der Waals surface area (Å²) in [5.41, 5.74) is 4.74. The van der Waals surface area contributed by atoms with Crippen molar-refractivity contribution in [3.63, 3.8) is 0 Å². The molecule has 1 saturated carbocycles. The molecule has 2 atom stereocenters. The second-order valence-corrected chi connectivity index (χ2v) is 6.53. The summed E-state index contributed by atoms with van der Waals surface area (Å²) in [6.45, 7) is 3.52. The zero-order valence-corrected chi connectivity index (χ0v) is 16.4. The van der Waals surface area contributed by atoms with Crippen LogP contribution in [0.5, 0.6) is 0 Å². The number of carbonyl (C=O) groups is 1. The quantitative estimate of drug-likeness (QED) is 0.793. The molecule has 0 bridgehead atoms. The van der Waals surface area contributed by atoms with Gasteiger partial charge in [0.25, 0.3) is 0 Å². The number of ether oxygens (including phenoxy) is 1. The summed E-state index contributed by atoms with van der Waals surface area (Å²) >= 11 is 0. The van der Waals surface area contributed by atoms with Gasteiger partial charge in [0.05, 0.1) is 12.6 Å². The van der Waals surface area contributed by atoms with Gasteiger partial charge in [0.15, 0.2) is 0 Å². The molecule has 25 heavy (non-hydrogen) atoms. The third-order valence-electron chi connectivity index (χ3n) is 4.90. The van der Waals surface area contributed by atoms with E-state index >= 15 is 0 Å². The van der Waals surface area contributed by atoms with Crippen molar-refractivity contribution in [1.29, 1.82) is 0 Å². The number of nitrogens with two attached hydrogens (primary N) is 1. The molecule has 0 saturated heterocycles. The Morgan fingerprint density at radius 1 is 1.52 bits per heavy atom. The molecule has 1 aromatic heterocycles. The van der Waals surface area contributed by atoms with Gasteiger partial charge in [-0.1, -0.05) is 13.8 Å². The van der Waals surface area contributed by atoms with E-state index in [4.69, 9.17) is 10.5 Å².